The second-order valence-electron chi connectivity index (χ2n) is 8.36. The van der Waals surface area contributed by atoms with E-state index >= 15 is 4.39 Å². The minimum atomic E-state index is -0.334. The fourth-order valence-electron chi connectivity index (χ4n) is 4.23. The van der Waals surface area contributed by atoms with Gasteiger partial charge in [0, 0.05) is 52.6 Å². The molecule has 0 atom stereocenters. The number of aryl methyl sites for hydroxylation is 1. The van der Waals surface area contributed by atoms with E-state index in [2.05, 4.69) is 49.5 Å². The maximum atomic E-state index is 15.1. The van der Waals surface area contributed by atoms with Crippen LogP contribution < -0.4 is 5.32 Å². The van der Waals surface area contributed by atoms with Crippen molar-refractivity contribution < 1.29 is 4.39 Å². The zero-order valence-electron chi connectivity index (χ0n) is 19.2. The summed E-state index contributed by atoms with van der Waals surface area (Å²) in [6, 6.07) is 11.3. The summed E-state index contributed by atoms with van der Waals surface area (Å²) in [6.45, 7) is 5.65. The Morgan fingerprint density at radius 3 is 2.80 bits per heavy atom. The average Bonchev–Trinajstić information content (AvgIpc) is 3.59. The molecule has 0 spiro atoms. The quantitative estimate of drug-likeness (QED) is 0.276. The predicted molar refractivity (Wildman–Crippen MR) is 138 cm³/mol. The van der Waals surface area contributed by atoms with Gasteiger partial charge in [0.15, 0.2) is 5.82 Å². The third-order valence-corrected chi connectivity index (χ3v) is 6.94. The number of fused-ring (bicyclic) bond motifs is 2. The normalized spacial score (nSPS) is 11.6. The first-order valence-electron chi connectivity index (χ1n) is 11.3. The molecule has 5 heterocycles. The third-order valence-electron chi connectivity index (χ3n) is 5.93. The number of halogens is 1. The molecule has 0 unspecified atom stereocenters. The van der Waals surface area contributed by atoms with Gasteiger partial charge in [-0.2, -0.15) is 5.10 Å². The minimum Gasteiger partial charge on any atom is -0.336 e. The number of aromatic amines is 2. The van der Waals surface area contributed by atoms with Gasteiger partial charge in [-0.15, -0.1) is 11.3 Å². The van der Waals surface area contributed by atoms with Crippen LogP contribution in [0.3, 0.4) is 0 Å². The van der Waals surface area contributed by atoms with E-state index in [1.165, 1.54) is 10.9 Å². The molecule has 9 heteroatoms. The number of nitrogens with zero attached hydrogens (tertiary/aromatic N) is 4. The molecule has 5 aromatic heterocycles. The van der Waals surface area contributed by atoms with Crippen molar-refractivity contribution in [2.45, 2.75) is 20.4 Å². The van der Waals surface area contributed by atoms with Gasteiger partial charge in [0.25, 0.3) is 0 Å². The van der Waals surface area contributed by atoms with Crippen LogP contribution in [0.5, 0.6) is 0 Å². The standard InChI is InChI=1S/C26H22FN7S/c1-3-28-11-15-8-16(13-29-12-15)17-9-18-21(10-19(17)27)33-34-23(18)26-31-20-6-7-30-25(24(20)32-26)22-5-4-14(2)35-22/h4-10,12-13,28H,3,11H2,1-2H3,(H,31,32)(H,33,34). The molecular formula is C26H22FN7S. The van der Waals surface area contributed by atoms with E-state index in [9.17, 15) is 0 Å². The van der Waals surface area contributed by atoms with E-state index in [-0.39, 0.29) is 5.82 Å². The summed E-state index contributed by atoms with van der Waals surface area (Å²) < 4.78 is 15.1. The van der Waals surface area contributed by atoms with E-state index in [1.807, 2.05) is 25.1 Å². The highest BCUT2D eigenvalue weighted by Gasteiger charge is 2.18. The molecule has 3 N–H and O–H groups in total. The Hall–Kier alpha value is -3.95. The van der Waals surface area contributed by atoms with E-state index in [4.69, 9.17) is 4.98 Å². The van der Waals surface area contributed by atoms with Crippen molar-refractivity contribution in [3.05, 3.63) is 71.2 Å². The summed E-state index contributed by atoms with van der Waals surface area (Å²) in [4.78, 5) is 19.4. The number of thiophene rings is 1. The van der Waals surface area contributed by atoms with Crippen LogP contribution in [0.2, 0.25) is 0 Å². The van der Waals surface area contributed by atoms with Crippen molar-refractivity contribution >= 4 is 33.3 Å². The molecular weight excluding hydrogens is 461 g/mol. The third kappa shape index (κ3) is 3.88. The Bertz CT molecular complexity index is 1680. The number of H-pyrrole nitrogens is 2. The Balaban J connectivity index is 1.46. The van der Waals surface area contributed by atoms with Crippen LogP contribution in [-0.2, 0) is 6.54 Å². The zero-order chi connectivity index (χ0) is 23.9. The molecule has 0 fully saturated rings. The second-order valence-corrected chi connectivity index (χ2v) is 9.65. The fraction of sp³-hybridized carbons (Fsp3) is 0.154. The summed E-state index contributed by atoms with van der Waals surface area (Å²) in [7, 11) is 0. The molecule has 0 aliphatic heterocycles. The van der Waals surface area contributed by atoms with E-state index in [0.29, 0.717) is 29.1 Å². The Kier molecular flexibility index (Phi) is 5.35. The first-order valence-corrected chi connectivity index (χ1v) is 12.2. The zero-order valence-corrected chi connectivity index (χ0v) is 20.0. The van der Waals surface area contributed by atoms with Gasteiger partial charge in [-0.3, -0.25) is 15.1 Å². The largest absolute Gasteiger partial charge is 0.336 e. The van der Waals surface area contributed by atoms with Gasteiger partial charge in [-0.05, 0) is 49.4 Å². The molecule has 0 saturated heterocycles. The molecule has 6 aromatic rings. The number of nitrogens with one attached hydrogen (secondary N) is 3. The highest BCUT2D eigenvalue weighted by atomic mass is 32.1. The topological polar surface area (TPSA) is 95.2 Å². The summed E-state index contributed by atoms with van der Waals surface area (Å²) in [6.07, 6.45) is 5.25. The average molecular weight is 484 g/mol. The maximum Gasteiger partial charge on any atom is 0.159 e. The number of imidazole rings is 1. The van der Waals surface area contributed by atoms with Gasteiger partial charge in [-0.25, -0.2) is 9.37 Å². The van der Waals surface area contributed by atoms with Gasteiger partial charge in [0.05, 0.1) is 15.9 Å². The van der Waals surface area contributed by atoms with Crippen molar-refractivity contribution in [1.82, 2.24) is 35.5 Å². The van der Waals surface area contributed by atoms with Crippen LogP contribution in [-0.4, -0.2) is 36.7 Å². The van der Waals surface area contributed by atoms with Gasteiger partial charge in [-0.1, -0.05) is 6.92 Å². The van der Waals surface area contributed by atoms with Crippen LogP contribution >= 0.6 is 11.3 Å². The van der Waals surface area contributed by atoms with E-state index < -0.39 is 0 Å². The first kappa shape index (κ1) is 21.6. The molecule has 1 aromatic carbocycles. The van der Waals surface area contributed by atoms with E-state index in [1.54, 1.807) is 29.9 Å². The highest BCUT2D eigenvalue weighted by molar-refractivity contribution is 7.15. The number of rotatable bonds is 6. The van der Waals surface area contributed by atoms with Crippen molar-refractivity contribution in [3.8, 4) is 33.2 Å². The summed E-state index contributed by atoms with van der Waals surface area (Å²) >= 11 is 1.68. The molecule has 35 heavy (non-hydrogen) atoms. The Labute approximate surface area is 204 Å². The van der Waals surface area contributed by atoms with Gasteiger partial charge in [0.1, 0.15) is 22.7 Å². The van der Waals surface area contributed by atoms with E-state index in [0.717, 1.165) is 44.7 Å². The summed E-state index contributed by atoms with van der Waals surface area (Å²) in [5, 5.41) is 11.5. The number of benzene rings is 1. The Morgan fingerprint density at radius 1 is 1.06 bits per heavy atom. The lowest BCUT2D eigenvalue weighted by Gasteiger charge is -2.07. The molecule has 0 aliphatic rings. The number of pyridine rings is 2. The minimum absolute atomic E-state index is 0.334. The molecule has 0 saturated carbocycles. The van der Waals surface area contributed by atoms with Crippen LogP contribution in [0.15, 0.2) is 55.0 Å². The lowest BCUT2D eigenvalue weighted by atomic mass is 10.0. The molecule has 0 aliphatic carbocycles. The lowest BCUT2D eigenvalue weighted by Crippen LogP contribution is -2.11. The van der Waals surface area contributed by atoms with Gasteiger partial charge < -0.3 is 10.3 Å². The maximum absolute atomic E-state index is 15.1. The predicted octanol–water partition coefficient (Wildman–Crippen LogP) is 5.85. The van der Waals surface area contributed by atoms with Crippen molar-refractivity contribution in [3.63, 3.8) is 0 Å². The molecule has 6 rings (SSSR count). The molecule has 0 radical (unpaired) electrons. The number of hydrogen-bond donors (Lipinski definition) is 3. The SMILES string of the molecule is CCNCc1cncc(-c2cc3c(-c4nc5c(-c6ccc(C)s6)nccc5[nH]4)n[nH]c3cc2F)c1. The summed E-state index contributed by atoms with van der Waals surface area (Å²) in [5.41, 5.74) is 5.90. The van der Waals surface area contributed by atoms with Crippen molar-refractivity contribution in [2.24, 2.45) is 0 Å². The number of hydrogen-bond acceptors (Lipinski definition) is 6. The van der Waals surface area contributed by atoms with Crippen LogP contribution in [0.25, 0.3) is 55.2 Å². The highest BCUT2D eigenvalue weighted by Crippen LogP contribution is 2.35. The fourth-order valence-corrected chi connectivity index (χ4v) is 5.10. The van der Waals surface area contributed by atoms with Gasteiger partial charge in [0.2, 0.25) is 0 Å². The van der Waals surface area contributed by atoms with Crippen molar-refractivity contribution in [2.75, 3.05) is 6.54 Å². The van der Waals surface area contributed by atoms with Crippen LogP contribution in [0.1, 0.15) is 17.4 Å². The molecule has 174 valence electrons. The monoisotopic (exact) mass is 483 g/mol. The second kappa shape index (κ2) is 8.68. The van der Waals surface area contributed by atoms with Crippen molar-refractivity contribution in [1.29, 1.82) is 0 Å². The Morgan fingerprint density at radius 2 is 1.97 bits per heavy atom. The lowest BCUT2D eigenvalue weighted by molar-refractivity contribution is 0.632. The molecule has 0 amide bonds. The summed E-state index contributed by atoms with van der Waals surface area (Å²) in [5.74, 6) is 0.268. The van der Waals surface area contributed by atoms with Gasteiger partial charge >= 0.3 is 0 Å². The first-order chi connectivity index (χ1) is 17.1. The smallest absolute Gasteiger partial charge is 0.159 e. The number of aromatic nitrogens is 6. The molecule has 0 bridgehead atoms. The molecule has 7 nitrogen and oxygen atoms in total. The van der Waals surface area contributed by atoms with Crippen LogP contribution in [0.4, 0.5) is 4.39 Å². The van der Waals surface area contributed by atoms with Crippen LogP contribution in [0, 0.1) is 12.7 Å².